The van der Waals surface area contributed by atoms with E-state index in [0.29, 0.717) is 0 Å². The van der Waals surface area contributed by atoms with Gasteiger partial charge >= 0.3 is 0 Å². The zero-order chi connectivity index (χ0) is 21.9. The molecule has 0 spiro atoms. The zero-order valence-corrected chi connectivity index (χ0v) is 17.1. The van der Waals surface area contributed by atoms with E-state index in [9.17, 15) is 10.1 Å². The first-order chi connectivity index (χ1) is 15.7. The Morgan fingerprint density at radius 3 is 1.66 bits per heavy atom. The van der Waals surface area contributed by atoms with Crippen molar-refractivity contribution in [3.05, 3.63) is 119 Å². The van der Waals surface area contributed by atoms with Gasteiger partial charge in [-0.05, 0) is 23.3 Å². The molecule has 0 radical (unpaired) electrons. The van der Waals surface area contributed by atoms with Crippen LogP contribution in [0.4, 0.5) is 5.69 Å². The van der Waals surface area contributed by atoms with E-state index in [0.717, 1.165) is 45.0 Å². The van der Waals surface area contributed by atoms with E-state index in [1.54, 1.807) is 12.1 Å². The van der Waals surface area contributed by atoms with E-state index < -0.39 is 0 Å². The number of hydrogen-bond donors (Lipinski definition) is 1. The van der Waals surface area contributed by atoms with Crippen LogP contribution in [0.3, 0.4) is 0 Å². The molecule has 5 heteroatoms. The summed E-state index contributed by atoms with van der Waals surface area (Å²) < 4.78 is 0. The Balaban J connectivity index is 1.55. The molecule has 0 unspecified atom stereocenters. The summed E-state index contributed by atoms with van der Waals surface area (Å²) in [6.07, 6.45) is 0. The molecule has 4 aromatic carbocycles. The van der Waals surface area contributed by atoms with Crippen molar-refractivity contribution < 1.29 is 4.92 Å². The van der Waals surface area contributed by atoms with Crippen molar-refractivity contribution in [2.45, 2.75) is 0 Å². The number of non-ortho nitro benzene ring substituents is 1. The Bertz CT molecular complexity index is 1360. The van der Waals surface area contributed by atoms with Gasteiger partial charge in [-0.2, -0.15) is 0 Å². The molecule has 0 aliphatic carbocycles. The third-order valence-electron chi connectivity index (χ3n) is 5.38. The molecule has 0 saturated carbocycles. The molecule has 5 nitrogen and oxygen atoms in total. The molecule has 0 saturated heterocycles. The van der Waals surface area contributed by atoms with Crippen molar-refractivity contribution in [3.63, 3.8) is 0 Å². The quantitative estimate of drug-likeness (QED) is 0.247. The third-order valence-corrected chi connectivity index (χ3v) is 5.38. The summed E-state index contributed by atoms with van der Waals surface area (Å²) >= 11 is 0. The summed E-state index contributed by atoms with van der Waals surface area (Å²) in [4.78, 5) is 18.9. The van der Waals surface area contributed by atoms with Crippen LogP contribution in [0, 0.1) is 10.1 Å². The molecule has 0 bridgehead atoms. The van der Waals surface area contributed by atoms with Crippen LogP contribution >= 0.6 is 0 Å². The number of nitrogens with one attached hydrogen (secondary N) is 1. The lowest BCUT2D eigenvalue weighted by Crippen LogP contribution is -1.87. The fourth-order valence-corrected chi connectivity index (χ4v) is 3.72. The Morgan fingerprint density at radius 2 is 1.09 bits per heavy atom. The maximum atomic E-state index is 10.9. The van der Waals surface area contributed by atoms with Crippen molar-refractivity contribution in [3.8, 4) is 45.0 Å². The molecular formula is C27H19N3O2. The Hall–Kier alpha value is -4.51. The van der Waals surface area contributed by atoms with E-state index in [1.807, 2.05) is 72.8 Å². The Kier molecular flexibility index (Phi) is 5.06. The minimum Gasteiger partial charge on any atom is -0.337 e. The molecule has 1 aromatic heterocycles. The fraction of sp³-hybridized carbons (Fsp3) is 0. The lowest BCUT2D eigenvalue weighted by molar-refractivity contribution is -0.384. The molecule has 1 N–H and O–H groups in total. The number of imidazole rings is 1. The number of benzene rings is 4. The second-order valence-electron chi connectivity index (χ2n) is 7.42. The highest BCUT2D eigenvalue weighted by Crippen LogP contribution is 2.34. The van der Waals surface area contributed by atoms with Crippen LogP contribution in [-0.2, 0) is 0 Å². The topological polar surface area (TPSA) is 71.8 Å². The molecule has 32 heavy (non-hydrogen) atoms. The zero-order valence-electron chi connectivity index (χ0n) is 17.1. The average molecular weight is 417 g/mol. The van der Waals surface area contributed by atoms with Gasteiger partial charge in [-0.25, -0.2) is 4.98 Å². The summed E-state index contributed by atoms with van der Waals surface area (Å²) in [7, 11) is 0. The van der Waals surface area contributed by atoms with Crippen LogP contribution < -0.4 is 0 Å². The number of nitro benzene ring substituents is 1. The first-order valence-electron chi connectivity index (χ1n) is 10.3. The summed E-state index contributed by atoms with van der Waals surface area (Å²) in [5.74, 6) is 0.818. The van der Waals surface area contributed by atoms with E-state index in [4.69, 9.17) is 4.98 Å². The molecule has 0 aliphatic rings. The second-order valence-corrected chi connectivity index (χ2v) is 7.42. The van der Waals surface area contributed by atoms with Crippen molar-refractivity contribution in [1.82, 2.24) is 9.97 Å². The van der Waals surface area contributed by atoms with E-state index >= 15 is 0 Å². The molecule has 1 heterocycles. The average Bonchev–Trinajstić information content (AvgIpc) is 3.31. The van der Waals surface area contributed by atoms with Gasteiger partial charge in [-0.3, -0.25) is 10.1 Å². The van der Waals surface area contributed by atoms with Crippen molar-refractivity contribution in [2.24, 2.45) is 0 Å². The van der Waals surface area contributed by atoms with Gasteiger partial charge in [-0.1, -0.05) is 84.9 Å². The molecule has 154 valence electrons. The first kappa shape index (κ1) is 19.5. The van der Waals surface area contributed by atoms with Crippen molar-refractivity contribution in [1.29, 1.82) is 0 Å². The van der Waals surface area contributed by atoms with Crippen molar-refractivity contribution >= 4 is 5.69 Å². The molecule has 5 aromatic rings. The maximum Gasteiger partial charge on any atom is 0.269 e. The van der Waals surface area contributed by atoms with E-state index in [2.05, 4.69) is 17.1 Å². The Morgan fingerprint density at radius 1 is 0.594 bits per heavy atom. The normalized spacial score (nSPS) is 10.8. The highest BCUT2D eigenvalue weighted by molar-refractivity contribution is 5.82. The van der Waals surface area contributed by atoms with Gasteiger partial charge in [0.05, 0.1) is 16.3 Å². The van der Waals surface area contributed by atoms with Crippen LogP contribution in [0.5, 0.6) is 0 Å². The number of aromatic nitrogens is 2. The van der Waals surface area contributed by atoms with Gasteiger partial charge in [0.2, 0.25) is 0 Å². The fourth-order valence-electron chi connectivity index (χ4n) is 3.72. The summed E-state index contributed by atoms with van der Waals surface area (Å²) in [6, 6.07) is 34.9. The number of H-pyrrole nitrogens is 1. The lowest BCUT2D eigenvalue weighted by atomic mass is 10.0. The third kappa shape index (κ3) is 3.79. The summed E-state index contributed by atoms with van der Waals surface area (Å²) in [5, 5.41) is 10.9. The van der Waals surface area contributed by atoms with Crippen LogP contribution in [0.15, 0.2) is 109 Å². The molecule has 5 rings (SSSR count). The highest BCUT2D eigenvalue weighted by Gasteiger charge is 2.15. The summed E-state index contributed by atoms with van der Waals surface area (Å²) in [6.45, 7) is 0. The van der Waals surface area contributed by atoms with Gasteiger partial charge in [0.15, 0.2) is 0 Å². The number of hydrogen-bond acceptors (Lipinski definition) is 3. The summed E-state index contributed by atoms with van der Waals surface area (Å²) in [5.41, 5.74) is 6.94. The van der Waals surface area contributed by atoms with Gasteiger partial charge in [0.1, 0.15) is 5.82 Å². The van der Waals surface area contributed by atoms with Gasteiger partial charge in [0, 0.05) is 28.8 Å². The monoisotopic (exact) mass is 417 g/mol. The van der Waals surface area contributed by atoms with Gasteiger partial charge < -0.3 is 4.98 Å². The Labute approximate surface area is 185 Å². The van der Waals surface area contributed by atoms with Gasteiger partial charge in [0.25, 0.3) is 5.69 Å². The molecule has 0 amide bonds. The predicted molar refractivity (Wildman–Crippen MR) is 127 cm³/mol. The van der Waals surface area contributed by atoms with Crippen LogP contribution in [0.1, 0.15) is 0 Å². The number of aromatic amines is 1. The smallest absolute Gasteiger partial charge is 0.269 e. The van der Waals surface area contributed by atoms with Crippen LogP contribution in [0.2, 0.25) is 0 Å². The van der Waals surface area contributed by atoms with E-state index in [1.165, 1.54) is 12.1 Å². The van der Waals surface area contributed by atoms with Crippen LogP contribution in [0.25, 0.3) is 45.0 Å². The SMILES string of the molecule is O=[N+]([O-])c1ccc(-c2ccc(-c3[nH]c(-c4ccccc4)nc3-c3ccccc3)cc2)cc1. The molecular weight excluding hydrogens is 398 g/mol. The number of nitro groups is 1. The number of rotatable bonds is 5. The molecule has 0 atom stereocenters. The maximum absolute atomic E-state index is 10.9. The van der Waals surface area contributed by atoms with Gasteiger partial charge in [-0.15, -0.1) is 0 Å². The standard InChI is InChI=1S/C27H19N3O2/c31-30(32)24-17-15-20(16-18-24)19-11-13-22(14-12-19)26-25(21-7-3-1-4-8-21)28-27(29-26)23-9-5-2-6-10-23/h1-18H,(H,28,29). The number of nitrogens with zero attached hydrogens (tertiary/aromatic N) is 2. The minimum atomic E-state index is -0.388. The van der Waals surface area contributed by atoms with Crippen LogP contribution in [-0.4, -0.2) is 14.9 Å². The lowest BCUT2D eigenvalue weighted by Gasteiger charge is -2.06. The second kappa shape index (κ2) is 8.32. The largest absolute Gasteiger partial charge is 0.337 e. The molecule has 0 fully saturated rings. The predicted octanol–water partition coefficient (Wildman–Crippen LogP) is 6.99. The van der Waals surface area contributed by atoms with Crippen molar-refractivity contribution in [2.75, 3.05) is 0 Å². The highest BCUT2D eigenvalue weighted by atomic mass is 16.6. The van der Waals surface area contributed by atoms with E-state index in [-0.39, 0.29) is 10.6 Å². The minimum absolute atomic E-state index is 0.0868. The molecule has 0 aliphatic heterocycles. The first-order valence-corrected chi connectivity index (χ1v) is 10.3.